The van der Waals surface area contributed by atoms with Crippen molar-refractivity contribution < 1.29 is 19.1 Å². The first-order chi connectivity index (χ1) is 8.57. The molecule has 0 aliphatic heterocycles. The zero-order valence-corrected chi connectivity index (χ0v) is 11.3. The highest BCUT2D eigenvalue weighted by Gasteiger charge is 2.04. The highest BCUT2D eigenvalue weighted by atomic mass is 16.5. The average molecular weight is 257 g/mol. The minimum absolute atomic E-state index is 0.232. The van der Waals surface area contributed by atoms with Crippen molar-refractivity contribution in [3.63, 3.8) is 0 Å². The van der Waals surface area contributed by atoms with Crippen LogP contribution >= 0.6 is 0 Å². The zero-order chi connectivity index (χ0) is 13.8. The molecule has 0 fully saturated rings. The Morgan fingerprint density at radius 1 is 1.17 bits per heavy atom. The van der Waals surface area contributed by atoms with Crippen LogP contribution in [0.1, 0.15) is 33.1 Å². The van der Waals surface area contributed by atoms with Crippen LogP contribution in [0.4, 0.5) is 0 Å². The van der Waals surface area contributed by atoms with Crippen LogP contribution in [-0.2, 0) is 19.1 Å². The van der Waals surface area contributed by atoms with E-state index in [9.17, 15) is 9.59 Å². The number of carbonyl (C=O) groups excluding carboxylic acids is 2. The summed E-state index contributed by atoms with van der Waals surface area (Å²) in [5.41, 5.74) is 0.369. The first kappa shape index (κ1) is 16.6. The first-order valence-corrected chi connectivity index (χ1v) is 6.27. The Hall–Kier alpha value is -1.36. The lowest BCUT2D eigenvalue weighted by Crippen LogP contribution is -2.20. The molecule has 5 nitrogen and oxygen atoms in total. The summed E-state index contributed by atoms with van der Waals surface area (Å²) >= 11 is 0. The van der Waals surface area contributed by atoms with E-state index in [4.69, 9.17) is 9.47 Å². The molecule has 0 aromatic rings. The van der Waals surface area contributed by atoms with Gasteiger partial charge in [-0.1, -0.05) is 13.5 Å². The monoisotopic (exact) mass is 257 g/mol. The van der Waals surface area contributed by atoms with Gasteiger partial charge in [-0.15, -0.1) is 0 Å². The summed E-state index contributed by atoms with van der Waals surface area (Å²) < 4.78 is 9.83. The third-order valence-corrected chi connectivity index (χ3v) is 2.07. The minimum atomic E-state index is -0.412. The smallest absolute Gasteiger partial charge is 0.333 e. The van der Waals surface area contributed by atoms with Gasteiger partial charge in [-0.05, 0) is 19.9 Å². The maximum absolute atomic E-state index is 11.2. The van der Waals surface area contributed by atoms with Gasteiger partial charge in [0.2, 0.25) is 0 Å². The number of ether oxygens (including phenoxy) is 2. The molecule has 0 spiro atoms. The third-order valence-electron chi connectivity index (χ3n) is 2.07. The van der Waals surface area contributed by atoms with Crippen molar-refractivity contribution in [2.45, 2.75) is 33.1 Å². The molecular weight excluding hydrogens is 234 g/mol. The second-order valence-corrected chi connectivity index (χ2v) is 3.99. The largest absolute Gasteiger partial charge is 0.466 e. The van der Waals surface area contributed by atoms with Gasteiger partial charge in [-0.25, -0.2) is 4.79 Å². The number of hydrogen-bond acceptors (Lipinski definition) is 5. The van der Waals surface area contributed by atoms with E-state index in [-0.39, 0.29) is 19.2 Å². The molecule has 0 unspecified atom stereocenters. The van der Waals surface area contributed by atoms with E-state index in [0.717, 1.165) is 13.0 Å². The predicted octanol–water partition coefficient (Wildman–Crippen LogP) is 1.43. The molecule has 0 rings (SSSR count). The van der Waals surface area contributed by atoms with Gasteiger partial charge in [-0.2, -0.15) is 0 Å². The van der Waals surface area contributed by atoms with Crippen molar-refractivity contribution in [3.8, 4) is 0 Å². The van der Waals surface area contributed by atoms with Crippen LogP contribution in [0.2, 0.25) is 0 Å². The molecule has 5 heteroatoms. The normalized spacial score (nSPS) is 9.89. The summed E-state index contributed by atoms with van der Waals surface area (Å²) in [7, 11) is 0. The van der Waals surface area contributed by atoms with E-state index < -0.39 is 5.97 Å². The Morgan fingerprint density at radius 3 is 2.44 bits per heavy atom. The van der Waals surface area contributed by atoms with Crippen molar-refractivity contribution in [3.05, 3.63) is 12.2 Å². The van der Waals surface area contributed by atoms with Gasteiger partial charge in [0.1, 0.15) is 0 Å². The van der Waals surface area contributed by atoms with Crippen molar-refractivity contribution in [1.82, 2.24) is 5.32 Å². The van der Waals surface area contributed by atoms with Gasteiger partial charge in [0, 0.05) is 18.5 Å². The quantitative estimate of drug-likeness (QED) is 0.364. The Bertz CT molecular complexity index is 276. The van der Waals surface area contributed by atoms with E-state index in [0.29, 0.717) is 25.0 Å². The summed E-state index contributed by atoms with van der Waals surface area (Å²) in [6.07, 6.45) is 1.92. The molecule has 0 bridgehead atoms. The second kappa shape index (κ2) is 10.8. The molecule has 0 aromatic heterocycles. The lowest BCUT2D eigenvalue weighted by molar-refractivity contribution is -0.144. The highest BCUT2D eigenvalue weighted by Crippen LogP contribution is 1.94. The van der Waals surface area contributed by atoms with Crippen molar-refractivity contribution in [2.75, 3.05) is 26.3 Å². The molecule has 1 N–H and O–H groups in total. The van der Waals surface area contributed by atoms with Crippen LogP contribution in [0.25, 0.3) is 0 Å². The SMILES string of the molecule is C=C(C)C(=O)OCCCOC(=O)CCNCCC. The van der Waals surface area contributed by atoms with Gasteiger partial charge in [-0.3, -0.25) is 4.79 Å². The Morgan fingerprint density at radius 2 is 1.83 bits per heavy atom. The average Bonchev–Trinajstić information content (AvgIpc) is 2.33. The highest BCUT2D eigenvalue weighted by molar-refractivity contribution is 5.86. The molecule has 0 aliphatic carbocycles. The maximum atomic E-state index is 11.2. The maximum Gasteiger partial charge on any atom is 0.333 e. The summed E-state index contributed by atoms with van der Waals surface area (Å²) in [6.45, 7) is 9.18. The third kappa shape index (κ3) is 9.84. The van der Waals surface area contributed by atoms with Gasteiger partial charge in [0.15, 0.2) is 0 Å². The van der Waals surface area contributed by atoms with Crippen LogP contribution in [0.3, 0.4) is 0 Å². The number of nitrogens with one attached hydrogen (secondary N) is 1. The van der Waals surface area contributed by atoms with E-state index in [1.54, 1.807) is 6.92 Å². The van der Waals surface area contributed by atoms with E-state index >= 15 is 0 Å². The molecule has 0 saturated heterocycles. The van der Waals surface area contributed by atoms with Crippen molar-refractivity contribution in [2.24, 2.45) is 0 Å². The first-order valence-electron chi connectivity index (χ1n) is 6.27. The summed E-state index contributed by atoms with van der Waals surface area (Å²) in [4.78, 5) is 22.2. The fourth-order valence-corrected chi connectivity index (χ4v) is 1.10. The van der Waals surface area contributed by atoms with Crippen LogP contribution in [0.15, 0.2) is 12.2 Å². The second-order valence-electron chi connectivity index (χ2n) is 3.99. The van der Waals surface area contributed by atoms with E-state index in [1.165, 1.54) is 0 Å². The van der Waals surface area contributed by atoms with Crippen LogP contribution < -0.4 is 5.32 Å². The van der Waals surface area contributed by atoms with Crippen molar-refractivity contribution in [1.29, 1.82) is 0 Å². The summed E-state index contributed by atoms with van der Waals surface area (Å²) in [5.74, 6) is -0.644. The molecule has 0 saturated carbocycles. The standard InChI is InChI=1S/C13H23NO4/c1-4-7-14-8-6-12(15)17-9-5-10-18-13(16)11(2)3/h14H,2,4-10H2,1,3H3. The molecule has 0 heterocycles. The Balaban J connectivity index is 3.35. The molecular formula is C13H23NO4. The van der Waals surface area contributed by atoms with E-state index in [1.807, 2.05) is 0 Å². The number of rotatable bonds is 10. The fraction of sp³-hybridized carbons (Fsp3) is 0.692. The van der Waals surface area contributed by atoms with Crippen molar-refractivity contribution >= 4 is 11.9 Å². The predicted molar refractivity (Wildman–Crippen MR) is 69.1 cm³/mol. The van der Waals surface area contributed by atoms with Crippen LogP contribution in [-0.4, -0.2) is 38.2 Å². The van der Waals surface area contributed by atoms with Gasteiger partial charge in [0.05, 0.1) is 19.6 Å². The molecule has 18 heavy (non-hydrogen) atoms. The summed E-state index contributed by atoms with van der Waals surface area (Å²) in [5, 5.41) is 3.12. The van der Waals surface area contributed by atoms with Gasteiger partial charge >= 0.3 is 11.9 Å². The topological polar surface area (TPSA) is 64.6 Å². The van der Waals surface area contributed by atoms with Gasteiger partial charge < -0.3 is 14.8 Å². The summed E-state index contributed by atoms with van der Waals surface area (Å²) in [6, 6.07) is 0. The molecule has 0 aliphatic rings. The molecule has 0 aromatic carbocycles. The number of hydrogen-bond donors (Lipinski definition) is 1. The molecule has 0 amide bonds. The molecule has 104 valence electrons. The minimum Gasteiger partial charge on any atom is -0.466 e. The lowest BCUT2D eigenvalue weighted by Gasteiger charge is -2.06. The van der Waals surface area contributed by atoms with Crippen LogP contribution in [0, 0.1) is 0 Å². The Labute approximate surface area is 109 Å². The number of carbonyl (C=O) groups is 2. The van der Waals surface area contributed by atoms with Gasteiger partial charge in [0.25, 0.3) is 0 Å². The fourth-order valence-electron chi connectivity index (χ4n) is 1.10. The Kier molecular flexibility index (Phi) is 9.96. The van der Waals surface area contributed by atoms with E-state index in [2.05, 4.69) is 18.8 Å². The van der Waals surface area contributed by atoms with Crippen LogP contribution in [0.5, 0.6) is 0 Å². The number of esters is 2. The molecule has 0 radical (unpaired) electrons. The zero-order valence-electron chi connectivity index (χ0n) is 11.3. The molecule has 0 atom stereocenters. The lowest BCUT2D eigenvalue weighted by atomic mass is 10.3.